The molecule has 37 heavy (non-hydrogen) atoms. The third-order valence-corrected chi connectivity index (χ3v) is 9.55. The number of aliphatic hydroxyl groups is 1. The van der Waals surface area contributed by atoms with Gasteiger partial charge in [0.25, 0.3) is 0 Å². The first-order chi connectivity index (χ1) is 17.7. The topological polar surface area (TPSA) is 152 Å². The smallest absolute Gasteiger partial charge is 0.211 e. The van der Waals surface area contributed by atoms with Crippen molar-refractivity contribution in [1.29, 1.82) is 0 Å². The Morgan fingerprint density at radius 1 is 1.05 bits per heavy atom. The van der Waals surface area contributed by atoms with Crippen LogP contribution in [0.2, 0.25) is 0 Å². The highest BCUT2D eigenvalue weighted by Gasteiger charge is 2.45. The van der Waals surface area contributed by atoms with E-state index in [1.807, 2.05) is 24.0 Å². The number of aliphatic hydroxyl groups excluding tert-OH is 1. The van der Waals surface area contributed by atoms with E-state index in [2.05, 4.69) is 15.4 Å². The Balaban J connectivity index is 1.33. The van der Waals surface area contributed by atoms with E-state index in [0.29, 0.717) is 29.7 Å². The summed E-state index contributed by atoms with van der Waals surface area (Å²) in [5, 5.41) is 18.1. The van der Waals surface area contributed by atoms with Crippen LogP contribution in [-0.2, 0) is 16.4 Å². The average Bonchev–Trinajstić information content (AvgIpc) is 3.57. The lowest BCUT2D eigenvalue weighted by molar-refractivity contribution is 0.182. The van der Waals surface area contributed by atoms with E-state index < -0.39 is 10.0 Å². The Morgan fingerprint density at radius 3 is 2.46 bits per heavy atom. The Morgan fingerprint density at radius 2 is 1.81 bits per heavy atom. The van der Waals surface area contributed by atoms with Crippen LogP contribution in [0.4, 0.5) is 11.6 Å². The number of piperidine rings is 1. The fraction of sp³-hybridized carbons (Fsp3) is 0.600. The molecule has 0 radical (unpaired) electrons. The zero-order chi connectivity index (χ0) is 25.9. The maximum absolute atomic E-state index is 12.3. The molecule has 198 valence electrons. The molecule has 0 aromatic carbocycles. The molecule has 5 atom stereocenters. The summed E-state index contributed by atoms with van der Waals surface area (Å²) in [7, 11) is -3.21. The van der Waals surface area contributed by atoms with Gasteiger partial charge < -0.3 is 16.2 Å². The van der Waals surface area contributed by atoms with E-state index in [0.717, 1.165) is 61.2 Å². The first-order valence-corrected chi connectivity index (χ1v) is 15.0. The van der Waals surface area contributed by atoms with Gasteiger partial charge in [0.15, 0.2) is 5.82 Å². The Labute approximate surface area is 216 Å². The van der Waals surface area contributed by atoms with Crippen LogP contribution in [-0.4, -0.2) is 73.0 Å². The number of fused-ring (bicyclic) bond motifs is 3. The minimum Gasteiger partial charge on any atom is -0.393 e. The summed E-state index contributed by atoms with van der Waals surface area (Å²) in [6.45, 7) is 2.03. The largest absolute Gasteiger partial charge is 0.393 e. The summed E-state index contributed by atoms with van der Waals surface area (Å²) in [5.74, 6) is 1.05. The molecule has 6 rings (SSSR count). The molecule has 11 nitrogen and oxygen atoms in total. The fourth-order valence-electron chi connectivity index (χ4n) is 6.49. The molecule has 2 bridgehead atoms. The van der Waals surface area contributed by atoms with Crippen LogP contribution in [0.25, 0.3) is 22.2 Å². The molecule has 3 aromatic rings. The number of aromatic nitrogens is 5. The van der Waals surface area contributed by atoms with Crippen molar-refractivity contribution in [3.8, 4) is 11.1 Å². The second-order valence-corrected chi connectivity index (χ2v) is 12.6. The van der Waals surface area contributed by atoms with Crippen molar-refractivity contribution in [3.63, 3.8) is 0 Å². The first kappa shape index (κ1) is 24.5. The van der Waals surface area contributed by atoms with Crippen LogP contribution in [0.5, 0.6) is 0 Å². The van der Waals surface area contributed by atoms with E-state index in [4.69, 9.17) is 15.7 Å². The lowest BCUT2D eigenvalue weighted by Crippen LogP contribution is -2.46. The van der Waals surface area contributed by atoms with Crippen molar-refractivity contribution in [2.45, 2.75) is 88.6 Å². The third-order valence-electron chi connectivity index (χ3n) is 8.19. The monoisotopic (exact) mass is 526 g/mol. The number of rotatable bonds is 6. The predicted octanol–water partition coefficient (Wildman–Crippen LogP) is 2.49. The molecule has 1 saturated carbocycles. The van der Waals surface area contributed by atoms with Gasteiger partial charge in [0, 0.05) is 41.6 Å². The first-order valence-electron chi connectivity index (χ1n) is 13.1. The van der Waals surface area contributed by atoms with Crippen LogP contribution in [0.15, 0.2) is 18.6 Å². The van der Waals surface area contributed by atoms with Crippen LogP contribution in [0, 0.1) is 0 Å². The number of hydrogen-bond acceptors (Lipinski definition) is 9. The standard InChI is InChI=1S/C25H34N8O3S/c1-3-21-25(29-15-4-7-19(34)8-15)31-22-20(12-27-24(26)23(22)30-21)14-11-28-32(13-14)18-9-16-5-6-17(10-18)33(16)37(2,35)36/h11-13,15-19,34H,3-10H2,1-2H3,(H2,26,27)(H,29,31)/t15-,16-,17+,18?,19+/m1/s1. The number of aryl methyl sites for hydroxylation is 1. The van der Waals surface area contributed by atoms with Gasteiger partial charge in [0.05, 0.1) is 30.3 Å². The van der Waals surface area contributed by atoms with Gasteiger partial charge in [-0.15, -0.1) is 0 Å². The Bertz CT molecular complexity index is 1430. The average molecular weight is 527 g/mol. The van der Waals surface area contributed by atoms with E-state index in [-0.39, 0.29) is 30.3 Å². The van der Waals surface area contributed by atoms with E-state index in [1.165, 1.54) is 6.26 Å². The molecule has 3 aromatic heterocycles. The van der Waals surface area contributed by atoms with Gasteiger partial charge >= 0.3 is 0 Å². The number of sulfonamides is 1. The highest BCUT2D eigenvalue weighted by Crippen LogP contribution is 2.42. The van der Waals surface area contributed by atoms with Gasteiger partial charge in [-0.05, 0) is 51.4 Å². The molecule has 0 spiro atoms. The van der Waals surface area contributed by atoms with Gasteiger partial charge in [-0.1, -0.05) is 6.92 Å². The normalized spacial score (nSPS) is 28.2. The van der Waals surface area contributed by atoms with Crippen molar-refractivity contribution >= 4 is 32.7 Å². The van der Waals surface area contributed by atoms with E-state index in [9.17, 15) is 13.5 Å². The molecule has 3 aliphatic rings. The maximum Gasteiger partial charge on any atom is 0.211 e. The number of nitrogens with one attached hydrogen (secondary N) is 1. The molecule has 2 aliphatic heterocycles. The fourth-order valence-corrected chi connectivity index (χ4v) is 7.95. The molecule has 1 unspecified atom stereocenters. The maximum atomic E-state index is 12.3. The molecular weight excluding hydrogens is 492 g/mol. The number of pyridine rings is 1. The molecule has 3 fully saturated rings. The Kier molecular flexibility index (Phi) is 6.08. The SMILES string of the molecule is CCc1nc2c(N)ncc(-c3cnn(C4C[C@H]5CC[C@@H](C4)N5S(C)(=O)=O)c3)c2nc1N[C@@H]1CC[C@H](O)C1. The van der Waals surface area contributed by atoms with Crippen LogP contribution >= 0.6 is 0 Å². The number of hydrogen-bond donors (Lipinski definition) is 3. The molecule has 0 amide bonds. The van der Waals surface area contributed by atoms with Gasteiger partial charge in [-0.2, -0.15) is 9.40 Å². The number of anilines is 2. The second kappa shape index (κ2) is 9.17. The Hall–Kier alpha value is -2.83. The quantitative estimate of drug-likeness (QED) is 0.440. The molecule has 2 saturated heterocycles. The van der Waals surface area contributed by atoms with Crippen molar-refractivity contribution in [2.75, 3.05) is 17.3 Å². The zero-order valence-electron chi connectivity index (χ0n) is 21.2. The van der Waals surface area contributed by atoms with Crippen LogP contribution in [0.3, 0.4) is 0 Å². The van der Waals surface area contributed by atoms with E-state index >= 15 is 0 Å². The van der Waals surface area contributed by atoms with Gasteiger partial charge in [-0.3, -0.25) is 4.68 Å². The van der Waals surface area contributed by atoms with Crippen molar-refractivity contribution in [1.82, 2.24) is 29.0 Å². The van der Waals surface area contributed by atoms with E-state index in [1.54, 1.807) is 10.5 Å². The summed E-state index contributed by atoms with van der Waals surface area (Å²) in [5.41, 5.74) is 9.95. The highest BCUT2D eigenvalue weighted by atomic mass is 32.2. The lowest BCUT2D eigenvalue weighted by Gasteiger charge is -2.37. The third kappa shape index (κ3) is 4.44. The van der Waals surface area contributed by atoms with Crippen LogP contribution in [0.1, 0.15) is 63.6 Å². The number of nitrogen functional groups attached to an aromatic ring is 1. The van der Waals surface area contributed by atoms with Crippen molar-refractivity contribution < 1.29 is 13.5 Å². The number of nitrogens with two attached hydrogens (primary N) is 1. The van der Waals surface area contributed by atoms with Gasteiger partial charge in [-0.25, -0.2) is 23.4 Å². The highest BCUT2D eigenvalue weighted by molar-refractivity contribution is 7.88. The van der Waals surface area contributed by atoms with Crippen molar-refractivity contribution in [3.05, 3.63) is 24.3 Å². The van der Waals surface area contributed by atoms with Gasteiger partial charge in [0.2, 0.25) is 10.0 Å². The summed E-state index contributed by atoms with van der Waals surface area (Å²) < 4.78 is 28.3. The second-order valence-electron chi connectivity index (χ2n) is 10.7. The minimum atomic E-state index is -3.21. The van der Waals surface area contributed by atoms with Crippen LogP contribution < -0.4 is 11.1 Å². The van der Waals surface area contributed by atoms with Gasteiger partial charge in [0.1, 0.15) is 16.9 Å². The minimum absolute atomic E-state index is 0.0338. The molecule has 1 aliphatic carbocycles. The molecular formula is C25H34N8O3S. The summed E-state index contributed by atoms with van der Waals surface area (Å²) in [6, 6.07) is 0.365. The predicted molar refractivity (Wildman–Crippen MR) is 141 cm³/mol. The summed E-state index contributed by atoms with van der Waals surface area (Å²) in [6.07, 6.45) is 12.9. The number of nitrogens with zero attached hydrogens (tertiary/aromatic N) is 6. The zero-order valence-corrected chi connectivity index (χ0v) is 22.0. The summed E-state index contributed by atoms with van der Waals surface area (Å²) >= 11 is 0. The summed E-state index contributed by atoms with van der Waals surface area (Å²) in [4.78, 5) is 14.2. The lowest BCUT2D eigenvalue weighted by atomic mass is 10.00. The van der Waals surface area contributed by atoms with Crippen molar-refractivity contribution in [2.24, 2.45) is 0 Å². The molecule has 4 N–H and O–H groups in total. The molecule has 12 heteroatoms. The molecule has 5 heterocycles.